The zero-order chi connectivity index (χ0) is 14.6. The summed E-state index contributed by atoms with van der Waals surface area (Å²) < 4.78 is 28.6. The summed E-state index contributed by atoms with van der Waals surface area (Å²) in [6, 6.07) is 7.89. The summed E-state index contributed by atoms with van der Waals surface area (Å²) in [6.07, 6.45) is 3.84. The van der Waals surface area contributed by atoms with E-state index in [4.69, 9.17) is 15.8 Å². The van der Waals surface area contributed by atoms with Crippen LogP contribution in [0.1, 0.15) is 50.5 Å². The molecule has 0 radical (unpaired) electrons. The predicted molar refractivity (Wildman–Crippen MR) is 81.6 cm³/mol. The highest BCUT2D eigenvalue weighted by molar-refractivity contribution is 7.86. The Morgan fingerprint density at radius 3 is 2.45 bits per heavy atom. The molecule has 1 aliphatic rings. The molecule has 0 unspecified atom stereocenters. The molecule has 0 saturated heterocycles. The monoisotopic (exact) mass is 316 g/mol. The van der Waals surface area contributed by atoms with Gasteiger partial charge in [-0.1, -0.05) is 36.7 Å². The van der Waals surface area contributed by atoms with Crippen LogP contribution < -0.4 is 0 Å². The molecule has 2 rings (SSSR count). The van der Waals surface area contributed by atoms with E-state index in [-0.39, 0.29) is 11.9 Å². The molecule has 1 aliphatic carbocycles. The third-order valence-electron chi connectivity index (χ3n) is 3.76. The first kappa shape index (κ1) is 15.8. The van der Waals surface area contributed by atoms with E-state index in [1.165, 1.54) is 5.56 Å². The van der Waals surface area contributed by atoms with Gasteiger partial charge in [0, 0.05) is 5.02 Å². The smallest absolute Gasteiger partial charge is 0.267 e. The van der Waals surface area contributed by atoms with E-state index in [1.807, 2.05) is 25.1 Å². The van der Waals surface area contributed by atoms with Crippen molar-refractivity contribution >= 4 is 21.7 Å². The molecular weight excluding hydrogens is 296 g/mol. The summed E-state index contributed by atoms with van der Waals surface area (Å²) in [6.45, 7) is 1.84. The van der Waals surface area contributed by atoms with Crippen molar-refractivity contribution < 1.29 is 12.6 Å². The van der Waals surface area contributed by atoms with Crippen LogP contribution in [0.25, 0.3) is 0 Å². The predicted octanol–water partition coefficient (Wildman–Crippen LogP) is 4.12. The molecule has 3 nitrogen and oxygen atoms in total. The molecule has 0 amide bonds. The highest BCUT2D eigenvalue weighted by Gasteiger charge is 2.27. The second kappa shape index (κ2) is 6.92. The Hall–Kier alpha value is -0.580. The van der Waals surface area contributed by atoms with Gasteiger partial charge in [-0.3, -0.25) is 4.18 Å². The van der Waals surface area contributed by atoms with Crippen LogP contribution in [0.15, 0.2) is 24.3 Å². The molecule has 1 fully saturated rings. The van der Waals surface area contributed by atoms with Gasteiger partial charge in [0.2, 0.25) is 0 Å². The van der Waals surface area contributed by atoms with Gasteiger partial charge in [-0.05, 0) is 49.7 Å². The van der Waals surface area contributed by atoms with Gasteiger partial charge in [0.25, 0.3) is 10.1 Å². The zero-order valence-corrected chi connectivity index (χ0v) is 13.3. The molecule has 0 N–H and O–H groups in total. The molecule has 1 saturated carbocycles. The van der Waals surface area contributed by atoms with Crippen molar-refractivity contribution in [3.8, 4) is 0 Å². The third kappa shape index (κ3) is 4.21. The maximum Gasteiger partial charge on any atom is 0.267 e. The van der Waals surface area contributed by atoms with Gasteiger partial charge in [0.15, 0.2) is 0 Å². The molecule has 0 aliphatic heterocycles. The summed E-state index contributed by atoms with van der Waals surface area (Å²) in [5.41, 5.74) is 1.17. The fourth-order valence-electron chi connectivity index (χ4n) is 2.78. The largest absolute Gasteiger partial charge is 0.267 e. The summed E-state index contributed by atoms with van der Waals surface area (Å²) in [5, 5.41) is 0.801. The number of halogens is 1. The minimum atomic E-state index is -3.35. The van der Waals surface area contributed by atoms with Crippen LogP contribution in [0, 0.1) is 0 Å². The molecule has 0 bridgehead atoms. The van der Waals surface area contributed by atoms with E-state index in [0.29, 0.717) is 12.3 Å². The number of hydrogen-bond donors (Lipinski definition) is 0. The molecule has 5 heteroatoms. The Labute approximate surface area is 126 Å². The fraction of sp³-hybridized carbons (Fsp3) is 0.600. The van der Waals surface area contributed by atoms with Crippen molar-refractivity contribution in [2.75, 3.05) is 5.75 Å². The first-order valence-corrected chi connectivity index (χ1v) is 9.12. The van der Waals surface area contributed by atoms with Crippen molar-refractivity contribution in [1.29, 1.82) is 0 Å². The van der Waals surface area contributed by atoms with Crippen molar-refractivity contribution in [1.82, 2.24) is 0 Å². The van der Waals surface area contributed by atoms with Gasteiger partial charge in [0.1, 0.15) is 0 Å². The molecule has 112 valence electrons. The lowest BCUT2D eigenvalue weighted by atomic mass is 9.83. The quantitative estimate of drug-likeness (QED) is 0.767. The van der Waals surface area contributed by atoms with Gasteiger partial charge in [-0.15, -0.1) is 0 Å². The highest BCUT2D eigenvalue weighted by atomic mass is 35.5. The Balaban J connectivity index is 1.92. The number of rotatable bonds is 5. The highest BCUT2D eigenvalue weighted by Crippen LogP contribution is 2.37. The van der Waals surface area contributed by atoms with Crippen LogP contribution in [-0.4, -0.2) is 20.3 Å². The van der Waals surface area contributed by atoms with Crippen LogP contribution in [0.5, 0.6) is 0 Å². The van der Waals surface area contributed by atoms with Crippen molar-refractivity contribution in [2.45, 2.75) is 51.0 Å². The van der Waals surface area contributed by atoms with Crippen LogP contribution in [0.2, 0.25) is 5.02 Å². The molecule has 0 heterocycles. The molecule has 1 aromatic carbocycles. The summed E-state index contributed by atoms with van der Waals surface area (Å²) in [5.74, 6) is 0.523. The molecule has 20 heavy (non-hydrogen) atoms. The molecule has 0 aromatic heterocycles. The van der Waals surface area contributed by atoms with E-state index < -0.39 is 10.1 Å². The Morgan fingerprint density at radius 2 is 1.85 bits per heavy atom. The van der Waals surface area contributed by atoms with Crippen molar-refractivity contribution in [3.63, 3.8) is 0 Å². The minimum absolute atomic E-state index is 0.109. The average molecular weight is 317 g/mol. The zero-order valence-electron chi connectivity index (χ0n) is 11.7. The summed E-state index contributed by atoms with van der Waals surface area (Å²) in [4.78, 5) is 0. The summed E-state index contributed by atoms with van der Waals surface area (Å²) in [7, 11) is -3.35. The lowest BCUT2D eigenvalue weighted by molar-refractivity contribution is 0.153. The average Bonchev–Trinajstić information content (AvgIpc) is 2.40. The van der Waals surface area contributed by atoms with Gasteiger partial charge in [0.05, 0.1) is 11.9 Å². The maximum absolute atomic E-state index is 11.7. The van der Waals surface area contributed by atoms with Gasteiger partial charge < -0.3 is 0 Å². The maximum atomic E-state index is 11.7. The van der Waals surface area contributed by atoms with Crippen molar-refractivity contribution in [2.24, 2.45) is 0 Å². The topological polar surface area (TPSA) is 43.4 Å². The van der Waals surface area contributed by atoms with E-state index >= 15 is 0 Å². The first-order valence-electron chi connectivity index (χ1n) is 7.17. The van der Waals surface area contributed by atoms with Crippen LogP contribution in [0.3, 0.4) is 0 Å². The van der Waals surface area contributed by atoms with Gasteiger partial charge >= 0.3 is 0 Å². The van der Waals surface area contributed by atoms with Crippen LogP contribution in [0.4, 0.5) is 0 Å². The van der Waals surface area contributed by atoms with Gasteiger partial charge in [-0.2, -0.15) is 8.42 Å². The van der Waals surface area contributed by atoms with E-state index in [9.17, 15) is 8.42 Å². The van der Waals surface area contributed by atoms with Crippen LogP contribution >= 0.6 is 11.6 Å². The van der Waals surface area contributed by atoms with E-state index in [0.717, 1.165) is 30.7 Å². The first-order chi connectivity index (χ1) is 9.52. The number of hydrogen-bond acceptors (Lipinski definition) is 3. The van der Waals surface area contributed by atoms with E-state index in [1.54, 1.807) is 0 Å². The third-order valence-corrected chi connectivity index (χ3v) is 5.57. The Morgan fingerprint density at radius 1 is 1.20 bits per heavy atom. The molecule has 0 atom stereocenters. The SMILES string of the molecule is CCCS(=O)(=O)OC1CCC(c2ccccc2Cl)CC1. The lowest BCUT2D eigenvalue weighted by Gasteiger charge is -2.28. The molecule has 1 aromatic rings. The van der Waals surface area contributed by atoms with Crippen molar-refractivity contribution in [3.05, 3.63) is 34.9 Å². The second-order valence-corrected chi connectivity index (χ2v) is 7.48. The summed E-state index contributed by atoms with van der Waals surface area (Å²) >= 11 is 6.21. The normalized spacial score (nSPS) is 23.7. The second-order valence-electron chi connectivity index (χ2n) is 5.35. The van der Waals surface area contributed by atoms with Crippen LogP contribution in [-0.2, 0) is 14.3 Å². The fourth-order valence-corrected chi connectivity index (χ4v) is 4.28. The Kier molecular flexibility index (Phi) is 5.47. The Bertz CT molecular complexity index is 534. The van der Waals surface area contributed by atoms with Gasteiger partial charge in [-0.25, -0.2) is 0 Å². The molecule has 0 spiro atoms. The lowest BCUT2D eigenvalue weighted by Crippen LogP contribution is -2.25. The minimum Gasteiger partial charge on any atom is -0.267 e. The standard InChI is InChI=1S/C15H21ClO3S/c1-2-11-20(17,18)19-13-9-7-12(8-10-13)14-5-3-4-6-15(14)16/h3-6,12-13H,2,7-11H2,1H3. The molecular formula is C15H21ClO3S. The number of benzene rings is 1. The van der Waals surface area contributed by atoms with E-state index in [2.05, 4.69) is 6.07 Å².